The van der Waals surface area contributed by atoms with Gasteiger partial charge in [0, 0.05) is 6.42 Å². The first kappa shape index (κ1) is 78.2. The van der Waals surface area contributed by atoms with Gasteiger partial charge in [-0.2, -0.15) is 0 Å². The molecule has 0 aromatic heterocycles. The van der Waals surface area contributed by atoms with Crippen molar-refractivity contribution in [3.05, 3.63) is 109 Å². The first-order valence-corrected chi connectivity index (χ1v) is 35.2. The van der Waals surface area contributed by atoms with Crippen molar-refractivity contribution in [1.29, 1.82) is 0 Å². The van der Waals surface area contributed by atoms with E-state index in [0.717, 1.165) is 116 Å². The highest BCUT2D eigenvalue weighted by Crippen LogP contribution is 2.38. The van der Waals surface area contributed by atoms with E-state index in [-0.39, 0.29) is 19.1 Å². The van der Waals surface area contributed by atoms with Crippen LogP contribution in [0.15, 0.2) is 109 Å². The summed E-state index contributed by atoms with van der Waals surface area (Å²) < 4.78 is 23.5. The maximum absolute atomic E-state index is 13.0. The number of likely N-dealkylation sites (N-methyl/N-ethyl adjacent to an activating group) is 1. The van der Waals surface area contributed by atoms with E-state index < -0.39 is 20.0 Å². The number of carbonyl (C=O) groups is 1. The molecule has 3 unspecified atom stereocenters. The van der Waals surface area contributed by atoms with Crippen LogP contribution >= 0.6 is 7.82 Å². The molecule has 0 aromatic carbocycles. The van der Waals surface area contributed by atoms with E-state index in [1.54, 1.807) is 0 Å². The molecule has 3 atom stereocenters. The zero-order valence-electron chi connectivity index (χ0n) is 53.5. The molecule has 0 bridgehead atoms. The number of nitrogens with one attached hydrogen (secondary N) is 1. The monoisotopic (exact) mass is 1150 g/mol. The highest BCUT2D eigenvalue weighted by molar-refractivity contribution is 7.45. The number of aliphatic hydroxyl groups excluding tert-OH is 1. The number of unbranched alkanes of at least 4 members (excludes halogenated alkanes) is 30. The minimum atomic E-state index is -4.59. The van der Waals surface area contributed by atoms with Crippen molar-refractivity contribution in [2.24, 2.45) is 0 Å². The van der Waals surface area contributed by atoms with E-state index >= 15 is 0 Å². The second kappa shape index (κ2) is 61.7. The highest BCUT2D eigenvalue weighted by atomic mass is 31.2. The van der Waals surface area contributed by atoms with Crippen LogP contribution in [0.2, 0.25) is 0 Å². The van der Waals surface area contributed by atoms with Gasteiger partial charge < -0.3 is 28.8 Å². The summed E-state index contributed by atoms with van der Waals surface area (Å²) in [6.45, 7) is 4.61. The Morgan fingerprint density at radius 2 is 0.753 bits per heavy atom. The summed E-state index contributed by atoms with van der Waals surface area (Å²) in [6.07, 6.45) is 90.0. The van der Waals surface area contributed by atoms with Gasteiger partial charge in [0.25, 0.3) is 7.82 Å². The summed E-state index contributed by atoms with van der Waals surface area (Å²) in [4.78, 5) is 25.6. The van der Waals surface area contributed by atoms with Crippen molar-refractivity contribution in [2.45, 2.75) is 302 Å². The number of phosphoric ester groups is 1. The predicted octanol–water partition coefficient (Wildman–Crippen LogP) is 20.9. The zero-order chi connectivity index (χ0) is 59.1. The Morgan fingerprint density at radius 3 is 1.10 bits per heavy atom. The van der Waals surface area contributed by atoms with Crippen LogP contribution < -0.4 is 10.2 Å². The molecule has 2 N–H and O–H groups in total. The third kappa shape index (κ3) is 64.6. The topological polar surface area (TPSA) is 108 Å². The van der Waals surface area contributed by atoms with Gasteiger partial charge in [-0.1, -0.05) is 309 Å². The summed E-state index contributed by atoms with van der Waals surface area (Å²) >= 11 is 0. The molecule has 0 rings (SSSR count). The molecule has 0 heterocycles. The molecule has 0 aromatic rings. The molecule has 0 radical (unpaired) electrons. The minimum absolute atomic E-state index is 0.00280. The molecule has 468 valence electrons. The fraction of sp³-hybridized carbons (Fsp3) is 0.736. The largest absolute Gasteiger partial charge is 0.756 e. The molecule has 0 aliphatic carbocycles. The van der Waals surface area contributed by atoms with E-state index in [1.807, 2.05) is 21.1 Å². The van der Waals surface area contributed by atoms with Gasteiger partial charge in [-0.3, -0.25) is 9.36 Å². The molecule has 81 heavy (non-hydrogen) atoms. The van der Waals surface area contributed by atoms with Crippen molar-refractivity contribution in [1.82, 2.24) is 5.32 Å². The fourth-order valence-corrected chi connectivity index (χ4v) is 10.3. The Hall–Kier alpha value is -2.84. The molecule has 9 heteroatoms. The second-order valence-corrected chi connectivity index (χ2v) is 25.2. The molecule has 8 nitrogen and oxygen atoms in total. The molecular weight excluding hydrogens is 1020 g/mol. The molecule has 0 spiro atoms. The number of phosphoric acid groups is 1. The second-order valence-electron chi connectivity index (χ2n) is 23.8. The SMILES string of the molecule is CC/C=C\C/C=C\C/C=C\C/C=C\C/C=C\C/C=C\C/C=C\C/C=C\C/C=C\CCCCCCCC(=O)NC(COP(=O)([O-])OCC[N+](C)(C)C)C(O)CCCCCCCCCCCCCCCCCCCCCCCCCCCC. The van der Waals surface area contributed by atoms with Gasteiger partial charge in [0.15, 0.2) is 0 Å². The third-order valence-corrected chi connectivity index (χ3v) is 15.7. The van der Waals surface area contributed by atoms with Crippen LogP contribution in [-0.4, -0.2) is 68.5 Å². The molecule has 0 saturated carbocycles. The maximum atomic E-state index is 13.0. The lowest BCUT2D eigenvalue weighted by Crippen LogP contribution is -2.46. The summed E-state index contributed by atoms with van der Waals surface area (Å²) in [5, 5.41) is 14.1. The van der Waals surface area contributed by atoms with E-state index in [0.29, 0.717) is 23.9 Å². The summed E-state index contributed by atoms with van der Waals surface area (Å²) in [5.41, 5.74) is 0. The smallest absolute Gasteiger partial charge is 0.268 e. The lowest BCUT2D eigenvalue weighted by molar-refractivity contribution is -0.870. The molecule has 0 saturated heterocycles. The van der Waals surface area contributed by atoms with Crippen LogP contribution in [0, 0.1) is 0 Å². The zero-order valence-corrected chi connectivity index (χ0v) is 54.4. The Kier molecular flexibility index (Phi) is 59.5. The van der Waals surface area contributed by atoms with Crippen LogP contribution in [-0.2, 0) is 18.4 Å². The quantitative estimate of drug-likeness (QED) is 0.0272. The lowest BCUT2D eigenvalue weighted by Gasteiger charge is -2.30. The Morgan fingerprint density at radius 1 is 0.444 bits per heavy atom. The average molecular weight is 1150 g/mol. The normalized spacial score (nSPS) is 14.4. The van der Waals surface area contributed by atoms with Crippen LogP contribution in [0.3, 0.4) is 0 Å². The average Bonchev–Trinajstić information content (AvgIpc) is 3.43. The van der Waals surface area contributed by atoms with E-state index in [2.05, 4.69) is 129 Å². The van der Waals surface area contributed by atoms with Crippen molar-refractivity contribution in [3.63, 3.8) is 0 Å². The first-order valence-electron chi connectivity index (χ1n) is 33.7. The summed E-state index contributed by atoms with van der Waals surface area (Å²) in [7, 11) is 1.28. The first-order chi connectivity index (χ1) is 39.5. The number of amides is 1. The lowest BCUT2D eigenvalue weighted by atomic mass is 10.0. The highest BCUT2D eigenvalue weighted by Gasteiger charge is 2.24. The molecular formula is C72H129N2O6P. The number of carbonyl (C=O) groups excluding carboxylic acids is 1. The maximum Gasteiger partial charge on any atom is 0.268 e. The number of nitrogens with zero attached hydrogens (tertiary/aromatic N) is 1. The number of quaternary nitrogens is 1. The van der Waals surface area contributed by atoms with Gasteiger partial charge in [0.05, 0.1) is 39.9 Å². The summed E-state index contributed by atoms with van der Waals surface area (Å²) in [6, 6.07) is -0.821. The van der Waals surface area contributed by atoms with E-state index in [9.17, 15) is 19.4 Å². The molecule has 1 amide bonds. The van der Waals surface area contributed by atoms with Crippen molar-refractivity contribution in [3.8, 4) is 0 Å². The fourth-order valence-electron chi connectivity index (χ4n) is 9.56. The molecule has 0 fully saturated rings. The van der Waals surface area contributed by atoms with Gasteiger partial charge in [-0.25, -0.2) is 0 Å². The Bertz CT molecular complexity index is 1690. The van der Waals surface area contributed by atoms with Gasteiger partial charge in [0.1, 0.15) is 13.2 Å². The van der Waals surface area contributed by atoms with Crippen molar-refractivity contribution >= 4 is 13.7 Å². The van der Waals surface area contributed by atoms with E-state index in [4.69, 9.17) is 9.05 Å². The number of hydrogen-bond donors (Lipinski definition) is 2. The van der Waals surface area contributed by atoms with Crippen molar-refractivity contribution in [2.75, 3.05) is 40.9 Å². The standard InChI is InChI=1S/C72H129N2O6P/c1-6-8-10-12-14-16-18-20-22-24-26-28-30-32-34-35-36-37-38-39-40-42-44-46-48-50-52-54-56-58-60-62-64-66-72(76)73-70(69-80-81(77,78)79-68-67-74(3,4)5)71(75)65-63-61-59-57-55-53-51-49-47-45-43-41-33-31-29-27-25-23-21-19-17-15-13-11-9-7-2/h8,10,14,16,20,22,26,28,32,34,36-37,39-40,44,46,50,52,70-71,75H,6-7,9,11-13,15,17-19,21,23-25,27,29-31,33,35,38,41-43,45,47-49,51,53-69H2,1-5H3,(H-,73,76,77,78)/b10-8-,16-14-,22-20-,28-26-,34-32-,37-36-,40-39-,46-44-,52-50-. The van der Waals surface area contributed by atoms with Gasteiger partial charge in [-0.15, -0.1) is 0 Å². The minimum Gasteiger partial charge on any atom is -0.756 e. The Labute approximate surface area is 501 Å². The number of rotatable bonds is 61. The van der Waals surface area contributed by atoms with Crippen LogP contribution in [0.4, 0.5) is 0 Å². The van der Waals surface area contributed by atoms with Crippen molar-refractivity contribution < 1.29 is 32.9 Å². The number of hydrogen-bond acceptors (Lipinski definition) is 6. The summed E-state index contributed by atoms with van der Waals surface area (Å²) in [5.74, 6) is -0.185. The molecule has 0 aliphatic rings. The predicted molar refractivity (Wildman–Crippen MR) is 352 cm³/mol. The van der Waals surface area contributed by atoms with E-state index in [1.165, 1.54) is 148 Å². The van der Waals surface area contributed by atoms with Gasteiger partial charge in [-0.05, 0) is 83.5 Å². The van der Waals surface area contributed by atoms with Crippen LogP contribution in [0.25, 0.3) is 0 Å². The van der Waals surface area contributed by atoms with Crippen LogP contribution in [0.5, 0.6) is 0 Å². The number of allylic oxidation sites excluding steroid dienone is 18. The molecule has 0 aliphatic heterocycles. The number of aliphatic hydroxyl groups is 1. The third-order valence-electron chi connectivity index (χ3n) is 14.8. The van der Waals surface area contributed by atoms with Gasteiger partial charge >= 0.3 is 0 Å². The van der Waals surface area contributed by atoms with Gasteiger partial charge in [0.2, 0.25) is 5.91 Å². The Balaban J connectivity index is 4.17. The van der Waals surface area contributed by atoms with Crippen LogP contribution in [0.1, 0.15) is 290 Å².